The second-order valence-electron chi connectivity index (χ2n) is 4.54. The Morgan fingerprint density at radius 1 is 1.20 bits per heavy atom. The fraction of sp³-hybridized carbons (Fsp3) is 0.583. The third-order valence-corrected chi connectivity index (χ3v) is 4.00. The normalized spacial score (nSPS) is 17.6. The van der Waals surface area contributed by atoms with Gasteiger partial charge in [-0.1, -0.05) is 15.9 Å². The smallest absolute Gasteiger partial charge is 0.354 e. The molecule has 2 rings (SSSR count). The van der Waals surface area contributed by atoms with Gasteiger partial charge in [0.15, 0.2) is 0 Å². The minimum atomic E-state index is -4.39. The Balaban J connectivity index is 2.18. The number of rotatable bonds is 3. The molecule has 0 unspecified atom stereocenters. The van der Waals surface area contributed by atoms with E-state index in [0.29, 0.717) is 17.6 Å². The molecule has 0 amide bonds. The van der Waals surface area contributed by atoms with Crippen LogP contribution in [0, 0.1) is 0 Å². The third kappa shape index (κ3) is 3.85. The summed E-state index contributed by atoms with van der Waals surface area (Å²) >= 11 is 6.42. The standard InChI is InChI=1S/C12H14Br2F3N3/c13-1-2-19-3-5-20(6-4-19)11-10(12(15,16)17)7-9(14)8-18-11/h7-8H,1-6H2. The molecule has 1 saturated heterocycles. The van der Waals surface area contributed by atoms with Gasteiger partial charge in [0.2, 0.25) is 0 Å². The summed E-state index contributed by atoms with van der Waals surface area (Å²) in [7, 11) is 0. The minimum absolute atomic E-state index is 0.0270. The number of anilines is 1. The molecule has 2 heterocycles. The van der Waals surface area contributed by atoms with Crippen LogP contribution in [0.1, 0.15) is 5.56 Å². The van der Waals surface area contributed by atoms with E-state index in [4.69, 9.17) is 0 Å². The van der Waals surface area contributed by atoms with Gasteiger partial charge in [-0.3, -0.25) is 4.90 Å². The second kappa shape index (κ2) is 6.62. The average molecular weight is 417 g/mol. The molecule has 0 bridgehead atoms. The molecule has 0 atom stereocenters. The van der Waals surface area contributed by atoms with Crippen LogP contribution >= 0.6 is 31.9 Å². The number of nitrogens with zero attached hydrogens (tertiary/aromatic N) is 3. The largest absolute Gasteiger partial charge is 0.419 e. The molecule has 20 heavy (non-hydrogen) atoms. The van der Waals surface area contributed by atoms with Crippen LogP contribution in [0.3, 0.4) is 0 Å². The summed E-state index contributed by atoms with van der Waals surface area (Å²) in [6.45, 7) is 3.53. The maximum atomic E-state index is 13.1. The number of alkyl halides is 4. The number of piperazine rings is 1. The molecule has 1 aliphatic heterocycles. The summed E-state index contributed by atoms with van der Waals surface area (Å²) in [5.41, 5.74) is -0.680. The predicted molar refractivity (Wildman–Crippen MR) is 79.4 cm³/mol. The molecule has 0 spiro atoms. The number of aromatic nitrogens is 1. The van der Waals surface area contributed by atoms with Crippen LogP contribution in [0.15, 0.2) is 16.7 Å². The number of hydrogen-bond donors (Lipinski definition) is 0. The van der Waals surface area contributed by atoms with Crippen molar-refractivity contribution in [3.63, 3.8) is 0 Å². The number of halogens is 5. The molecule has 1 aromatic heterocycles. The molecule has 0 saturated carbocycles. The number of hydrogen-bond acceptors (Lipinski definition) is 3. The molecule has 0 radical (unpaired) electrons. The molecule has 1 aliphatic rings. The highest BCUT2D eigenvalue weighted by molar-refractivity contribution is 9.10. The fourth-order valence-corrected chi connectivity index (χ4v) is 3.03. The predicted octanol–water partition coefficient (Wildman–Crippen LogP) is 3.38. The molecule has 1 aromatic rings. The zero-order chi connectivity index (χ0) is 14.8. The lowest BCUT2D eigenvalue weighted by Gasteiger charge is -2.36. The van der Waals surface area contributed by atoms with Crippen LogP contribution in [-0.2, 0) is 6.18 Å². The lowest BCUT2D eigenvalue weighted by Crippen LogP contribution is -2.47. The maximum Gasteiger partial charge on any atom is 0.419 e. The van der Waals surface area contributed by atoms with Crippen molar-refractivity contribution in [1.29, 1.82) is 0 Å². The topological polar surface area (TPSA) is 19.4 Å². The van der Waals surface area contributed by atoms with Gasteiger partial charge in [0.05, 0.1) is 5.56 Å². The molecular weight excluding hydrogens is 403 g/mol. The van der Waals surface area contributed by atoms with Gasteiger partial charge >= 0.3 is 6.18 Å². The van der Waals surface area contributed by atoms with Gasteiger partial charge in [0.25, 0.3) is 0 Å². The first-order chi connectivity index (χ1) is 9.41. The Labute approximate surface area is 132 Å². The Bertz CT molecular complexity index is 460. The van der Waals surface area contributed by atoms with Crippen molar-refractivity contribution in [2.24, 2.45) is 0 Å². The highest BCUT2D eigenvalue weighted by Crippen LogP contribution is 2.37. The summed E-state index contributed by atoms with van der Waals surface area (Å²) in [6, 6.07) is 1.09. The Morgan fingerprint density at radius 2 is 1.85 bits per heavy atom. The van der Waals surface area contributed by atoms with E-state index in [9.17, 15) is 13.2 Å². The summed E-state index contributed by atoms with van der Waals surface area (Å²) in [6.07, 6.45) is -2.98. The van der Waals surface area contributed by atoms with E-state index >= 15 is 0 Å². The van der Waals surface area contributed by atoms with Crippen molar-refractivity contribution < 1.29 is 13.2 Å². The monoisotopic (exact) mass is 415 g/mol. The molecular formula is C12H14Br2F3N3. The Hall–Kier alpha value is -0.340. The van der Waals surface area contributed by atoms with Crippen LogP contribution in [0.5, 0.6) is 0 Å². The fourth-order valence-electron chi connectivity index (χ4n) is 2.20. The van der Waals surface area contributed by atoms with Crippen LogP contribution in [-0.4, -0.2) is 47.9 Å². The van der Waals surface area contributed by atoms with Gasteiger partial charge in [0, 0.05) is 48.7 Å². The quantitative estimate of drug-likeness (QED) is 0.704. The van der Waals surface area contributed by atoms with Gasteiger partial charge < -0.3 is 4.90 Å². The Morgan fingerprint density at radius 3 is 2.40 bits per heavy atom. The molecule has 3 nitrogen and oxygen atoms in total. The summed E-state index contributed by atoms with van der Waals surface area (Å²) in [4.78, 5) is 7.90. The molecule has 8 heteroatoms. The van der Waals surface area contributed by atoms with Crippen molar-refractivity contribution in [2.75, 3.05) is 43.0 Å². The van der Waals surface area contributed by atoms with E-state index in [1.807, 2.05) is 0 Å². The summed E-state index contributed by atoms with van der Waals surface area (Å²) in [5, 5.41) is 0.872. The van der Waals surface area contributed by atoms with E-state index < -0.39 is 11.7 Å². The Kier molecular flexibility index (Phi) is 5.30. The van der Waals surface area contributed by atoms with E-state index in [1.54, 1.807) is 4.90 Å². The van der Waals surface area contributed by atoms with Gasteiger partial charge in [-0.15, -0.1) is 0 Å². The molecule has 0 aliphatic carbocycles. The SMILES string of the molecule is FC(F)(F)c1cc(Br)cnc1N1CCN(CCBr)CC1. The lowest BCUT2D eigenvalue weighted by molar-refractivity contribution is -0.137. The minimum Gasteiger partial charge on any atom is -0.354 e. The second-order valence-corrected chi connectivity index (χ2v) is 6.25. The first kappa shape index (κ1) is 16.0. The maximum absolute atomic E-state index is 13.1. The number of pyridine rings is 1. The zero-order valence-corrected chi connectivity index (χ0v) is 13.8. The van der Waals surface area contributed by atoms with Crippen molar-refractivity contribution in [1.82, 2.24) is 9.88 Å². The molecule has 0 aromatic carbocycles. The summed E-state index contributed by atoms with van der Waals surface area (Å²) in [5.74, 6) is 0.0270. The molecule has 0 N–H and O–H groups in total. The van der Waals surface area contributed by atoms with Gasteiger partial charge in [-0.05, 0) is 22.0 Å². The average Bonchev–Trinajstić information content (AvgIpc) is 2.39. The zero-order valence-electron chi connectivity index (χ0n) is 10.6. The van der Waals surface area contributed by atoms with E-state index in [-0.39, 0.29) is 5.82 Å². The van der Waals surface area contributed by atoms with Gasteiger partial charge in [0.1, 0.15) is 5.82 Å². The van der Waals surface area contributed by atoms with E-state index in [0.717, 1.165) is 31.0 Å². The van der Waals surface area contributed by atoms with Crippen LogP contribution in [0.4, 0.5) is 19.0 Å². The van der Waals surface area contributed by atoms with E-state index in [2.05, 4.69) is 41.7 Å². The van der Waals surface area contributed by atoms with Crippen molar-refractivity contribution in [3.8, 4) is 0 Å². The summed E-state index contributed by atoms with van der Waals surface area (Å²) < 4.78 is 39.6. The third-order valence-electron chi connectivity index (χ3n) is 3.21. The molecule has 112 valence electrons. The van der Waals surface area contributed by atoms with Crippen molar-refractivity contribution in [2.45, 2.75) is 6.18 Å². The molecule has 1 fully saturated rings. The van der Waals surface area contributed by atoms with Crippen molar-refractivity contribution in [3.05, 3.63) is 22.3 Å². The van der Waals surface area contributed by atoms with Crippen LogP contribution < -0.4 is 4.90 Å². The first-order valence-electron chi connectivity index (χ1n) is 6.18. The van der Waals surface area contributed by atoms with Crippen LogP contribution in [0.25, 0.3) is 0 Å². The van der Waals surface area contributed by atoms with Crippen LogP contribution in [0.2, 0.25) is 0 Å². The highest BCUT2D eigenvalue weighted by atomic mass is 79.9. The first-order valence-corrected chi connectivity index (χ1v) is 8.09. The lowest BCUT2D eigenvalue weighted by atomic mass is 10.2. The van der Waals surface area contributed by atoms with Gasteiger partial charge in [-0.25, -0.2) is 4.98 Å². The van der Waals surface area contributed by atoms with Gasteiger partial charge in [-0.2, -0.15) is 13.2 Å². The van der Waals surface area contributed by atoms with Crippen molar-refractivity contribution >= 4 is 37.7 Å². The van der Waals surface area contributed by atoms with E-state index in [1.165, 1.54) is 6.20 Å². The highest BCUT2D eigenvalue weighted by Gasteiger charge is 2.36.